The van der Waals surface area contributed by atoms with Gasteiger partial charge in [0.1, 0.15) is 17.0 Å². The van der Waals surface area contributed by atoms with Gasteiger partial charge in [-0.25, -0.2) is 14.3 Å². The molecule has 0 bridgehead atoms. The van der Waals surface area contributed by atoms with Gasteiger partial charge in [-0.2, -0.15) is 5.10 Å². The van der Waals surface area contributed by atoms with Crippen LogP contribution in [-0.2, 0) is 9.47 Å². The van der Waals surface area contributed by atoms with Gasteiger partial charge >= 0.3 is 11.9 Å². The predicted molar refractivity (Wildman–Crippen MR) is 129 cm³/mol. The summed E-state index contributed by atoms with van der Waals surface area (Å²) in [6.45, 7) is 0. The van der Waals surface area contributed by atoms with Crippen LogP contribution in [0.5, 0.6) is 5.75 Å². The van der Waals surface area contributed by atoms with E-state index in [9.17, 15) is 14.7 Å². The van der Waals surface area contributed by atoms with E-state index in [2.05, 4.69) is 5.10 Å². The Labute approximate surface area is 205 Å². The predicted octanol–water partition coefficient (Wildman–Crippen LogP) is 5.79. The van der Waals surface area contributed by atoms with Crippen molar-refractivity contribution >= 4 is 35.1 Å². The van der Waals surface area contributed by atoms with Crippen LogP contribution in [0.2, 0.25) is 10.0 Å². The van der Waals surface area contributed by atoms with Crippen molar-refractivity contribution in [3.63, 3.8) is 0 Å². The Bertz CT molecular complexity index is 1380. The average molecular weight is 497 g/mol. The number of hydrogen-bond acceptors (Lipinski definition) is 6. The van der Waals surface area contributed by atoms with E-state index in [1.807, 2.05) is 0 Å². The molecule has 4 aromatic rings. The number of phenols is 1. The molecule has 1 aromatic heterocycles. The fourth-order valence-electron chi connectivity index (χ4n) is 3.58. The van der Waals surface area contributed by atoms with E-state index in [4.69, 9.17) is 32.7 Å². The number of phenolic OH excluding ortho intramolecular Hbond substituents is 1. The molecule has 0 aliphatic carbocycles. The van der Waals surface area contributed by atoms with Crippen molar-refractivity contribution in [1.82, 2.24) is 9.78 Å². The number of ether oxygens (including phenoxy) is 2. The van der Waals surface area contributed by atoms with Gasteiger partial charge < -0.3 is 14.6 Å². The molecule has 0 atom stereocenters. The number of aromatic hydroxyl groups is 1. The number of esters is 2. The van der Waals surface area contributed by atoms with Crippen LogP contribution in [0, 0.1) is 0 Å². The number of hydrogen-bond donors (Lipinski definition) is 1. The normalized spacial score (nSPS) is 10.7. The van der Waals surface area contributed by atoms with Crippen molar-refractivity contribution in [2.45, 2.75) is 0 Å². The molecule has 0 saturated heterocycles. The minimum absolute atomic E-state index is 0.0595. The fraction of sp³-hybridized carbons (Fsp3) is 0.0800. The molecule has 0 radical (unpaired) electrons. The van der Waals surface area contributed by atoms with Crippen LogP contribution in [-0.4, -0.2) is 41.0 Å². The summed E-state index contributed by atoms with van der Waals surface area (Å²) in [5.41, 5.74) is 1.87. The topological polar surface area (TPSA) is 90.6 Å². The highest BCUT2D eigenvalue weighted by atomic mass is 35.5. The summed E-state index contributed by atoms with van der Waals surface area (Å²) in [7, 11) is 2.40. The molecule has 34 heavy (non-hydrogen) atoms. The zero-order valence-corrected chi connectivity index (χ0v) is 19.6. The molecule has 1 heterocycles. The van der Waals surface area contributed by atoms with Gasteiger partial charge in [0.15, 0.2) is 5.69 Å². The third-order valence-electron chi connectivity index (χ3n) is 5.10. The molecule has 3 aromatic carbocycles. The summed E-state index contributed by atoms with van der Waals surface area (Å²) in [6.07, 6.45) is 0. The van der Waals surface area contributed by atoms with Gasteiger partial charge in [-0.05, 0) is 53.6 Å². The number of benzene rings is 3. The van der Waals surface area contributed by atoms with Crippen LogP contribution in [0.15, 0.2) is 66.7 Å². The number of carbonyl (C=O) groups excluding carboxylic acids is 2. The molecule has 7 nitrogen and oxygen atoms in total. The van der Waals surface area contributed by atoms with E-state index in [0.29, 0.717) is 26.9 Å². The maximum atomic E-state index is 12.8. The van der Waals surface area contributed by atoms with E-state index in [-0.39, 0.29) is 28.3 Å². The molecule has 0 unspecified atom stereocenters. The lowest BCUT2D eigenvalue weighted by atomic mass is 9.99. The summed E-state index contributed by atoms with van der Waals surface area (Å²) >= 11 is 12.2. The van der Waals surface area contributed by atoms with E-state index in [0.717, 1.165) is 0 Å². The number of halogens is 2. The molecule has 0 saturated carbocycles. The lowest BCUT2D eigenvalue weighted by Gasteiger charge is -2.09. The van der Waals surface area contributed by atoms with Crippen LogP contribution < -0.4 is 0 Å². The third-order valence-corrected chi connectivity index (χ3v) is 5.54. The Hall–Kier alpha value is -3.81. The zero-order chi connectivity index (χ0) is 24.4. The lowest BCUT2D eigenvalue weighted by molar-refractivity contribution is 0.0549. The van der Waals surface area contributed by atoms with Gasteiger partial charge in [0.05, 0.1) is 19.9 Å². The molecule has 0 aliphatic heterocycles. The number of aromatic nitrogens is 2. The number of carbonyl (C=O) groups is 2. The summed E-state index contributed by atoms with van der Waals surface area (Å²) in [5.74, 6) is -1.76. The smallest absolute Gasteiger partial charge is 0.357 e. The van der Waals surface area contributed by atoms with Crippen molar-refractivity contribution in [3.8, 4) is 33.8 Å². The van der Waals surface area contributed by atoms with Crippen molar-refractivity contribution in [2.75, 3.05) is 14.2 Å². The highest BCUT2D eigenvalue weighted by Gasteiger charge is 2.32. The van der Waals surface area contributed by atoms with Crippen LogP contribution in [0.3, 0.4) is 0 Å². The van der Waals surface area contributed by atoms with Crippen molar-refractivity contribution in [3.05, 3.63) is 88.0 Å². The monoisotopic (exact) mass is 496 g/mol. The van der Waals surface area contributed by atoms with E-state index >= 15 is 0 Å². The SMILES string of the molecule is COC(=O)c1c(-c2ccc(-c3cc(Cl)cc(Cl)c3)cc2O)nn(-c2ccccc2)c1C(=O)OC. The molecular weight excluding hydrogens is 479 g/mol. The number of methoxy groups -OCH3 is 2. The Balaban J connectivity index is 1.94. The third kappa shape index (κ3) is 4.35. The van der Waals surface area contributed by atoms with Gasteiger partial charge in [-0.15, -0.1) is 0 Å². The zero-order valence-electron chi connectivity index (χ0n) is 18.1. The van der Waals surface area contributed by atoms with Gasteiger partial charge in [-0.3, -0.25) is 0 Å². The van der Waals surface area contributed by atoms with Crippen molar-refractivity contribution < 1.29 is 24.2 Å². The Kier molecular flexibility index (Phi) is 6.58. The van der Waals surface area contributed by atoms with Crippen molar-refractivity contribution in [1.29, 1.82) is 0 Å². The average Bonchev–Trinajstić information content (AvgIpc) is 3.23. The molecule has 172 valence electrons. The molecule has 0 fully saturated rings. The summed E-state index contributed by atoms with van der Waals surface area (Å²) < 4.78 is 11.1. The Morgan fingerprint density at radius 1 is 0.853 bits per heavy atom. The maximum Gasteiger partial charge on any atom is 0.357 e. The number of rotatable bonds is 5. The first-order valence-corrected chi connectivity index (χ1v) is 10.7. The van der Waals surface area contributed by atoms with Gasteiger partial charge in [0.25, 0.3) is 0 Å². The van der Waals surface area contributed by atoms with E-state index < -0.39 is 11.9 Å². The van der Waals surface area contributed by atoms with Crippen LogP contribution >= 0.6 is 23.2 Å². The van der Waals surface area contributed by atoms with Gasteiger partial charge in [0.2, 0.25) is 0 Å². The number of nitrogens with zero attached hydrogens (tertiary/aromatic N) is 2. The first-order valence-electron chi connectivity index (χ1n) is 9.99. The number of para-hydroxylation sites is 1. The fourth-order valence-corrected chi connectivity index (χ4v) is 4.10. The molecule has 4 rings (SSSR count). The first-order chi connectivity index (χ1) is 16.3. The minimum Gasteiger partial charge on any atom is -0.507 e. The molecule has 0 amide bonds. The molecule has 0 aliphatic rings. The Morgan fingerprint density at radius 3 is 2.09 bits per heavy atom. The second-order valence-corrected chi connectivity index (χ2v) is 8.07. The summed E-state index contributed by atoms with van der Waals surface area (Å²) in [4.78, 5) is 25.5. The lowest BCUT2D eigenvalue weighted by Crippen LogP contribution is -2.15. The second-order valence-electron chi connectivity index (χ2n) is 7.19. The van der Waals surface area contributed by atoms with E-state index in [1.54, 1.807) is 60.7 Å². The van der Waals surface area contributed by atoms with Gasteiger partial charge in [0, 0.05) is 15.6 Å². The second kappa shape index (κ2) is 9.59. The molecule has 0 spiro atoms. The van der Waals surface area contributed by atoms with Gasteiger partial charge in [-0.1, -0.05) is 47.5 Å². The molecule has 1 N–H and O–H groups in total. The quantitative estimate of drug-likeness (QED) is 0.351. The highest BCUT2D eigenvalue weighted by molar-refractivity contribution is 6.35. The van der Waals surface area contributed by atoms with Crippen LogP contribution in [0.25, 0.3) is 28.1 Å². The maximum absolute atomic E-state index is 12.8. The highest BCUT2D eigenvalue weighted by Crippen LogP contribution is 2.37. The van der Waals surface area contributed by atoms with Crippen LogP contribution in [0.1, 0.15) is 20.8 Å². The minimum atomic E-state index is -0.803. The summed E-state index contributed by atoms with van der Waals surface area (Å²) in [6, 6.07) is 18.6. The molecule has 9 heteroatoms. The molecular formula is C25H18Cl2N2O5. The Morgan fingerprint density at radius 2 is 1.50 bits per heavy atom. The van der Waals surface area contributed by atoms with Crippen molar-refractivity contribution in [2.24, 2.45) is 0 Å². The first kappa shape index (κ1) is 23.4. The standard InChI is InChI=1S/C25H18Cl2N2O5/c1-33-24(31)21-22(28-29(23(21)25(32)34-2)18-6-4-3-5-7-18)19-9-8-14(12-20(19)30)15-10-16(26)13-17(27)11-15/h3-13,30H,1-2H3. The van der Waals surface area contributed by atoms with E-state index in [1.165, 1.54) is 25.0 Å². The van der Waals surface area contributed by atoms with Crippen LogP contribution in [0.4, 0.5) is 0 Å². The summed E-state index contributed by atoms with van der Waals surface area (Å²) in [5, 5.41) is 16.3. The largest absolute Gasteiger partial charge is 0.507 e.